The molecule has 3 rings (SSSR count). The molecule has 0 unspecified atom stereocenters. The van der Waals surface area contributed by atoms with E-state index in [4.69, 9.17) is 10.2 Å². The summed E-state index contributed by atoms with van der Waals surface area (Å²) < 4.78 is 18.9. The molecule has 2 aromatic carbocycles. The van der Waals surface area contributed by atoms with Gasteiger partial charge in [-0.1, -0.05) is 30.3 Å². The van der Waals surface area contributed by atoms with Crippen molar-refractivity contribution in [3.05, 3.63) is 66.4 Å². The zero-order valence-electron chi connectivity index (χ0n) is 11.1. The molecule has 106 valence electrons. The summed E-state index contributed by atoms with van der Waals surface area (Å²) >= 11 is 1.40. The van der Waals surface area contributed by atoms with E-state index in [1.54, 1.807) is 12.3 Å². The summed E-state index contributed by atoms with van der Waals surface area (Å²) in [5.41, 5.74) is 7.34. The molecular formula is C16H13FN2OS. The molecule has 3 aromatic rings. The Morgan fingerprint density at radius 1 is 1.14 bits per heavy atom. The molecule has 0 saturated heterocycles. The van der Waals surface area contributed by atoms with Gasteiger partial charge < -0.3 is 10.2 Å². The quantitative estimate of drug-likeness (QED) is 0.574. The van der Waals surface area contributed by atoms with E-state index in [2.05, 4.69) is 4.98 Å². The van der Waals surface area contributed by atoms with Crippen LogP contribution in [0.1, 0.15) is 5.89 Å². The molecule has 0 aliphatic carbocycles. The minimum Gasteiger partial charge on any atom is -0.440 e. The van der Waals surface area contributed by atoms with Crippen LogP contribution in [0.15, 0.2) is 64.0 Å². The van der Waals surface area contributed by atoms with E-state index in [9.17, 15) is 4.39 Å². The van der Waals surface area contributed by atoms with Crippen molar-refractivity contribution in [1.29, 1.82) is 0 Å². The number of hydrogen-bond acceptors (Lipinski definition) is 4. The Kier molecular flexibility index (Phi) is 3.92. The number of halogens is 1. The predicted octanol–water partition coefficient (Wildman–Crippen LogP) is 4.36. The maximum Gasteiger partial charge on any atom is 0.205 e. The maximum absolute atomic E-state index is 13.2. The molecule has 0 amide bonds. The monoisotopic (exact) mass is 300 g/mol. The third-order valence-electron chi connectivity index (χ3n) is 2.94. The number of rotatable bonds is 4. The molecule has 0 atom stereocenters. The van der Waals surface area contributed by atoms with Crippen molar-refractivity contribution in [2.45, 2.75) is 10.6 Å². The lowest BCUT2D eigenvalue weighted by Gasteiger charge is -2.03. The third-order valence-corrected chi connectivity index (χ3v) is 3.99. The summed E-state index contributed by atoms with van der Waals surface area (Å²) in [6.45, 7) is 0. The van der Waals surface area contributed by atoms with E-state index in [1.807, 2.05) is 30.3 Å². The smallest absolute Gasteiger partial charge is 0.205 e. The highest BCUT2D eigenvalue weighted by Crippen LogP contribution is 2.29. The second kappa shape index (κ2) is 6.01. The molecule has 0 spiro atoms. The summed E-state index contributed by atoms with van der Waals surface area (Å²) in [5.74, 6) is 1.51. The summed E-state index contributed by atoms with van der Waals surface area (Å²) in [6, 6.07) is 14.1. The van der Waals surface area contributed by atoms with Crippen LogP contribution in [0.2, 0.25) is 0 Å². The van der Waals surface area contributed by atoms with Crippen molar-refractivity contribution in [2.24, 2.45) is 0 Å². The Labute approximate surface area is 126 Å². The van der Waals surface area contributed by atoms with E-state index in [-0.39, 0.29) is 5.82 Å². The van der Waals surface area contributed by atoms with Gasteiger partial charge in [0.2, 0.25) is 5.89 Å². The zero-order valence-corrected chi connectivity index (χ0v) is 11.9. The Hall–Kier alpha value is -2.27. The molecule has 0 fully saturated rings. The van der Waals surface area contributed by atoms with Gasteiger partial charge in [-0.2, -0.15) is 0 Å². The summed E-state index contributed by atoms with van der Waals surface area (Å²) in [7, 11) is 0. The van der Waals surface area contributed by atoms with Crippen LogP contribution in [0, 0.1) is 5.82 Å². The van der Waals surface area contributed by atoms with Gasteiger partial charge >= 0.3 is 0 Å². The Bertz CT molecular complexity index is 743. The van der Waals surface area contributed by atoms with Gasteiger partial charge in [0.05, 0.1) is 11.9 Å². The molecule has 0 aliphatic rings. The molecule has 1 aromatic heterocycles. The van der Waals surface area contributed by atoms with E-state index in [0.717, 1.165) is 11.3 Å². The molecule has 0 saturated carbocycles. The maximum atomic E-state index is 13.2. The largest absolute Gasteiger partial charge is 0.440 e. The molecule has 3 nitrogen and oxygen atoms in total. The fourth-order valence-corrected chi connectivity index (χ4v) is 2.73. The van der Waals surface area contributed by atoms with Crippen LogP contribution in [0.25, 0.3) is 11.3 Å². The van der Waals surface area contributed by atoms with E-state index in [0.29, 0.717) is 22.2 Å². The molecule has 5 heteroatoms. The first-order chi connectivity index (χ1) is 10.2. The van der Waals surface area contributed by atoms with Gasteiger partial charge in [0.1, 0.15) is 5.82 Å². The van der Waals surface area contributed by atoms with Crippen molar-refractivity contribution >= 4 is 17.4 Å². The third kappa shape index (κ3) is 3.25. The second-order valence-electron chi connectivity index (χ2n) is 4.46. The Morgan fingerprint density at radius 3 is 2.76 bits per heavy atom. The van der Waals surface area contributed by atoms with Crippen molar-refractivity contribution < 1.29 is 8.81 Å². The number of hydrogen-bond donors (Lipinski definition) is 1. The van der Waals surface area contributed by atoms with E-state index < -0.39 is 0 Å². The van der Waals surface area contributed by atoms with Gasteiger partial charge in [-0.05, 0) is 18.2 Å². The Balaban J connectivity index is 1.72. The first-order valence-electron chi connectivity index (χ1n) is 6.40. The normalized spacial score (nSPS) is 10.7. The van der Waals surface area contributed by atoms with Gasteiger partial charge in [-0.25, -0.2) is 9.37 Å². The van der Waals surface area contributed by atoms with Crippen LogP contribution in [-0.2, 0) is 5.75 Å². The highest BCUT2D eigenvalue weighted by molar-refractivity contribution is 7.98. The van der Waals surface area contributed by atoms with Gasteiger partial charge in [0.25, 0.3) is 0 Å². The SMILES string of the molecule is Nc1ccc(F)cc1SCc1ncc(-c2ccccc2)o1. The second-order valence-corrected chi connectivity index (χ2v) is 5.47. The van der Waals surface area contributed by atoms with E-state index in [1.165, 1.54) is 23.9 Å². The summed E-state index contributed by atoms with van der Waals surface area (Å²) in [4.78, 5) is 4.93. The molecule has 2 N–H and O–H groups in total. The zero-order chi connectivity index (χ0) is 14.7. The lowest BCUT2D eigenvalue weighted by molar-refractivity contribution is 0.530. The Morgan fingerprint density at radius 2 is 1.95 bits per heavy atom. The average molecular weight is 300 g/mol. The van der Waals surface area contributed by atoms with Crippen molar-refractivity contribution in [1.82, 2.24) is 4.98 Å². The van der Waals surface area contributed by atoms with Gasteiger partial charge in [-0.15, -0.1) is 11.8 Å². The van der Waals surface area contributed by atoms with Crippen LogP contribution in [0.3, 0.4) is 0 Å². The van der Waals surface area contributed by atoms with E-state index >= 15 is 0 Å². The molecule has 0 aliphatic heterocycles. The lowest BCUT2D eigenvalue weighted by atomic mass is 10.2. The number of oxazole rings is 1. The standard InChI is InChI=1S/C16H13FN2OS/c17-12-6-7-13(18)15(8-12)21-10-16-19-9-14(20-16)11-4-2-1-3-5-11/h1-9H,10,18H2. The van der Waals surface area contributed by atoms with Gasteiger partial charge in [0.15, 0.2) is 5.76 Å². The van der Waals surface area contributed by atoms with Crippen LogP contribution >= 0.6 is 11.8 Å². The predicted molar refractivity (Wildman–Crippen MR) is 82.3 cm³/mol. The fraction of sp³-hybridized carbons (Fsp3) is 0.0625. The number of nitrogens with zero attached hydrogens (tertiary/aromatic N) is 1. The van der Waals surface area contributed by atoms with Crippen LogP contribution in [0.4, 0.5) is 10.1 Å². The number of nitrogen functional groups attached to an aromatic ring is 1. The molecule has 1 heterocycles. The number of aromatic nitrogens is 1. The highest BCUT2D eigenvalue weighted by Gasteiger charge is 2.08. The molecule has 0 radical (unpaired) electrons. The topological polar surface area (TPSA) is 52.0 Å². The number of anilines is 1. The van der Waals surface area contributed by atoms with Crippen molar-refractivity contribution in [3.8, 4) is 11.3 Å². The van der Waals surface area contributed by atoms with Crippen molar-refractivity contribution in [2.75, 3.05) is 5.73 Å². The highest BCUT2D eigenvalue weighted by atomic mass is 32.2. The first-order valence-corrected chi connectivity index (χ1v) is 7.39. The van der Waals surface area contributed by atoms with Gasteiger partial charge in [0, 0.05) is 16.1 Å². The number of thioether (sulfide) groups is 1. The van der Waals surface area contributed by atoms with Crippen LogP contribution in [0.5, 0.6) is 0 Å². The lowest BCUT2D eigenvalue weighted by Crippen LogP contribution is -1.90. The van der Waals surface area contributed by atoms with Crippen LogP contribution in [-0.4, -0.2) is 4.98 Å². The molecule has 21 heavy (non-hydrogen) atoms. The van der Waals surface area contributed by atoms with Crippen molar-refractivity contribution in [3.63, 3.8) is 0 Å². The minimum absolute atomic E-state index is 0.302. The summed E-state index contributed by atoms with van der Waals surface area (Å²) in [6.07, 6.45) is 1.69. The molecule has 0 bridgehead atoms. The summed E-state index contributed by atoms with van der Waals surface area (Å²) in [5, 5.41) is 0. The minimum atomic E-state index is -0.302. The van der Waals surface area contributed by atoms with Crippen LogP contribution < -0.4 is 5.73 Å². The average Bonchev–Trinajstić information content (AvgIpc) is 2.98. The number of nitrogens with two attached hydrogens (primary N) is 1. The fourth-order valence-electron chi connectivity index (χ4n) is 1.89. The number of benzene rings is 2. The first kappa shape index (κ1) is 13.7. The molecular weight excluding hydrogens is 287 g/mol. The van der Waals surface area contributed by atoms with Gasteiger partial charge in [-0.3, -0.25) is 0 Å².